The highest BCUT2D eigenvalue weighted by Gasteiger charge is 2.37. The molecule has 1 aliphatic rings. The number of aromatic nitrogens is 1. The summed E-state index contributed by atoms with van der Waals surface area (Å²) in [5.74, 6) is 0. The van der Waals surface area contributed by atoms with E-state index in [0.717, 1.165) is 27.3 Å². The molecule has 3 heteroatoms. The fraction of sp³-hybridized carbons (Fsp3) is 0.348. The highest BCUT2D eigenvalue weighted by Crippen LogP contribution is 2.48. The SMILES string of the molecule is CC1(C)CCC(C)(C)c2cc3c(cc21)oc1cc2ccnc(Cl)c2cc13. The number of fused-ring (bicyclic) bond motifs is 5. The van der Waals surface area contributed by atoms with Gasteiger partial charge in [0, 0.05) is 22.4 Å². The Bertz CT molecular complexity index is 1200. The summed E-state index contributed by atoms with van der Waals surface area (Å²) in [5.41, 5.74) is 5.09. The van der Waals surface area contributed by atoms with Crippen LogP contribution < -0.4 is 0 Å². The second kappa shape index (κ2) is 5.01. The van der Waals surface area contributed by atoms with E-state index in [1.807, 2.05) is 6.07 Å². The van der Waals surface area contributed by atoms with Crippen LogP contribution in [0.5, 0.6) is 0 Å². The Balaban J connectivity index is 1.91. The zero-order valence-electron chi connectivity index (χ0n) is 15.6. The van der Waals surface area contributed by atoms with Gasteiger partial charge in [-0.1, -0.05) is 39.3 Å². The number of benzene rings is 2. The Morgan fingerprint density at radius 1 is 0.846 bits per heavy atom. The van der Waals surface area contributed by atoms with Gasteiger partial charge in [-0.2, -0.15) is 0 Å². The Labute approximate surface area is 158 Å². The summed E-state index contributed by atoms with van der Waals surface area (Å²) in [7, 11) is 0. The van der Waals surface area contributed by atoms with E-state index in [1.54, 1.807) is 6.20 Å². The van der Waals surface area contributed by atoms with Crippen molar-refractivity contribution in [1.82, 2.24) is 4.98 Å². The van der Waals surface area contributed by atoms with Crippen LogP contribution in [0.25, 0.3) is 32.7 Å². The Morgan fingerprint density at radius 3 is 2.19 bits per heavy atom. The van der Waals surface area contributed by atoms with Gasteiger partial charge in [0.1, 0.15) is 16.3 Å². The number of rotatable bonds is 0. The lowest BCUT2D eigenvalue weighted by Gasteiger charge is -2.41. The molecule has 2 aromatic heterocycles. The van der Waals surface area contributed by atoms with Crippen LogP contribution in [0.4, 0.5) is 0 Å². The van der Waals surface area contributed by atoms with Crippen molar-refractivity contribution in [3.8, 4) is 0 Å². The maximum atomic E-state index is 6.33. The average molecular weight is 364 g/mol. The molecule has 0 fully saturated rings. The normalized spacial score (nSPS) is 18.5. The molecule has 132 valence electrons. The molecular formula is C23H22ClNO. The quantitative estimate of drug-likeness (QED) is 0.310. The molecule has 0 N–H and O–H groups in total. The van der Waals surface area contributed by atoms with Gasteiger partial charge in [-0.05, 0) is 70.5 Å². The number of pyridine rings is 1. The molecule has 0 atom stereocenters. The molecule has 2 heterocycles. The molecule has 4 aromatic rings. The third-order valence-corrected chi connectivity index (χ3v) is 6.58. The maximum absolute atomic E-state index is 6.33. The van der Waals surface area contributed by atoms with Gasteiger partial charge in [-0.15, -0.1) is 0 Å². The monoisotopic (exact) mass is 363 g/mol. The Morgan fingerprint density at radius 2 is 1.46 bits per heavy atom. The summed E-state index contributed by atoms with van der Waals surface area (Å²) in [6, 6.07) is 10.8. The van der Waals surface area contributed by atoms with E-state index < -0.39 is 0 Å². The Kier molecular flexibility index (Phi) is 3.11. The zero-order valence-corrected chi connectivity index (χ0v) is 16.4. The molecule has 0 saturated carbocycles. The minimum Gasteiger partial charge on any atom is -0.456 e. The third-order valence-electron chi connectivity index (χ3n) is 6.28. The summed E-state index contributed by atoms with van der Waals surface area (Å²) in [6.07, 6.45) is 4.14. The summed E-state index contributed by atoms with van der Waals surface area (Å²) in [4.78, 5) is 4.23. The Hall–Kier alpha value is -2.06. The van der Waals surface area contributed by atoms with Crippen molar-refractivity contribution in [1.29, 1.82) is 0 Å². The largest absolute Gasteiger partial charge is 0.456 e. The molecular weight excluding hydrogens is 342 g/mol. The van der Waals surface area contributed by atoms with Crippen LogP contribution in [0.3, 0.4) is 0 Å². The molecule has 0 bridgehead atoms. The fourth-order valence-corrected chi connectivity index (χ4v) is 4.69. The van der Waals surface area contributed by atoms with E-state index in [9.17, 15) is 0 Å². The van der Waals surface area contributed by atoms with Crippen molar-refractivity contribution < 1.29 is 4.42 Å². The number of nitrogens with zero attached hydrogens (tertiary/aromatic N) is 1. The third kappa shape index (κ3) is 2.15. The van der Waals surface area contributed by atoms with E-state index in [1.165, 1.54) is 29.4 Å². The van der Waals surface area contributed by atoms with Crippen molar-refractivity contribution >= 4 is 44.3 Å². The maximum Gasteiger partial charge on any atom is 0.136 e. The molecule has 0 unspecified atom stereocenters. The fourth-order valence-electron chi connectivity index (χ4n) is 4.47. The highest BCUT2D eigenvalue weighted by atomic mass is 35.5. The van der Waals surface area contributed by atoms with Crippen molar-refractivity contribution in [3.05, 3.63) is 52.8 Å². The molecule has 0 aliphatic heterocycles. The summed E-state index contributed by atoms with van der Waals surface area (Å²) >= 11 is 6.33. The lowest BCUT2D eigenvalue weighted by atomic mass is 9.63. The van der Waals surface area contributed by atoms with Crippen LogP contribution in [0.1, 0.15) is 51.7 Å². The molecule has 26 heavy (non-hydrogen) atoms. The van der Waals surface area contributed by atoms with Crippen molar-refractivity contribution in [2.24, 2.45) is 0 Å². The van der Waals surface area contributed by atoms with Crippen LogP contribution in [-0.2, 0) is 10.8 Å². The topological polar surface area (TPSA) is 26.0 Å². The lowest BCUT2D eigenvalue weighted by Crippen LogP contribution is -2.33. The van der Waals surface area contributed by atoms with E-state index in [4.69, 9.17) is 16.0 Å². The van der Waals surface area contributed by atoms with Crippen molar-refractivity contribution in [3.63, 3.8) is 0 Å². The summed E-state index contributed by atoms with van der Waals surface area (Å²) < 4.78 is 6.26. The first-order chi connectivity index (χ1) is 12.3. The van der Waals surface area contributed by atoms with Crippen LogP contribution in [0, 0.1) is 0 Å². The molecule has 1 aliphatic carbocycles. The minimum atomic E-state index is 0.177. The predicted molar refractivity (Wildman–Crippen MR) is 109 cm³/mol. The highest BCUT2D eigenvalue weighted by molar-refractivity contribution is 6.34. The molecule has 0 spiro atoms. The summed E-state index contributed by atoms with van der Waals surface area (Å²) in [6.45, 7) is 9.39. The summed E-state index contributed by atoms with van der Waals surface area (Å²) in [5, 5.41) is 4.86. The van der Waals surface area contributed by atoms with Gasteiger partial charge in [-0.3, -0.25) is 0 Å². The van der Waals surface area contributed by atoms with Gasteiger partial charge in [-0.25, -0.2) is 4.98 Å². The van der Waals surface area contributed by atoms with E-state index in [2.05, 4.69) is 56.9 Å². The minimum absolute atomic E-state index is 0.177. The van der Waals surface area contributed by atoms with Crippen LogP contribution in [-0.4, -0.2) is 4.98 Å². The number of hydrogen-bond acceptors (Lipinski definition) is 2. The van der Waals surface area contributed by atoms with Gasteiger partial charge in [0.15, 0.2) is 0 Å². The van der Waals surface area contributed by atoms with Gasteiger partial charge in [0.05, 0.1) is 0 Å². The number of hydrogen-bond donors (Lipinski definition) is 0. The van der Waals surface area contributed by atoms with Gasteiger partial charge in [0.25, 0.3) is 0 Å². The van der Waals surface area contributed by atoms with Crippen molar-refractivity contribution in [2.75, 3.05) is 0 Å². The number of halogens is 1. The molecule has 5 rings (SSSR count). The van der Waals surface area contributed by atoms with Gasteiger partial charge in [0.2, 0.25) is 0 Å². The lowest BCUT2D eigenvalue weighted by molar-refractivity contribution is 0.332. The van der Waals surface area contributed by atoms with E-state index in [-0.39, 0.29) is 10.8 Å². The molecule has 0 radical (unpaired) electrons. The van der Waals surface area contributed by atoms with E-state index >= 15 is 0 Å². The van der Waals surface area contributed by atoms with Crippen molar-refractivity contribution in [2.45, 2.75) is 51.4 Å². The van der Waals surface area contributed by atoms with E-state index in [0.29, 0.717) is 5.15 Å². The standard InChI is InChI=1S/C23H22ClNO/c1-22(2)6-7-23(3,4)18-12-20-16(11-17(18)22)15-10-14-13(9-19(15)26-20)5-8-25-21(14)24/h5,8-12H,6-7H2,1-4H3. The molecule has 0 amide bonds. The van der Waals surface area contributed by atoms with Crippen LogP contribution in [0.15, 0.2) is 40.9 Å². The smallest absolute Gasteiger partial charge is 0.136 e. The molecule has 0 saturated heterocycles. The van der Waals surface area contributed by atoms with Gasteiger partial charge >= 0.3 is 0 Å². The first-order valence-corrected chi connectivity index (χ1v) is 9.60. The molecule has 2 nitrogen and oxygen atoms in total. The first-order valence-electron chi connectivity index (χ1n) is 9.22. The second-order valence-corrected chi connectivity index (χ2v) is 9.29. The van der Waals surface area contributed by atoms with Crippen LogP contribution >= 0.6 is 11.6 Å². The van der Waals surface area contributed by atoms with Crippen LogP contribution in [0.2, 0.25) is 5.15 Å². The van der Waals surface area contributed by atoms with Gasteiger partial charge < -0.3 is 4.42 Å². The first kappa shape index (κ1) is 16.1. The second-order valence-electron chi connectivity index (χ2n) is 8.94. The molecule has 2 aromatic carbocycles. The average Bonchev–Trinajstić information content (AvgIpc) is 2.94. The number of furan rings is 1. The predicted octanol–water partition coefficient (Wildman–Crippen LogP) is 7.14. The zero-order chi connectivity index (χ0) is 18.3.